The van der Waals surface area contributed by atoms with Crippen LogP contribution in [0.1, 0.15) is 28.3 Å². The molecule has 100 valence electrons. The Kier molecular flexibility index (Phi) is 3.88. The zero-order valence-corrected chi connectivity index (χ0v) is 11.4. The molecule has 0 fully saturated rings. The van der Waals surface area contributed by atoms with Gasteiger partial charge in [-0.15, -0.1) is 0 Å². The molecule has 1 atom stereocenters. The predicted molar refractivity (Wildman–Crippen MR) is 73.3 cm³/mol. The Morgan fingerprint density at radius 1 is 1.05 bits per heavy atom. The summed E-state index contributed by atoms with van der Waals surface area (Å²) in [5, 5.41) is 0.490. The first-order valence-corrected chi connectivity index (χ1v) is 6.25. The summed E-state index contributed by atoms with van der Waals surface area (Å²) in [7, 11) is 0. The molecule has 0 aromatic heterocycles. The summed E-state index contributed by atoms with van der Waals surface area (Å²) >= 11 is 5.92. The molecule has 0 saturated carbocycles. The van der Waals surface area contributed by atoms with Crippen LogP contribution >= 0.6 is 11.6 Å². The van der Waals surface area contributed by atoms with Gasteiger partial charge in [-0.25, -0.2) is 8.78 Å². The molecule has 0 aliphatic rings. The Balaban J connectivity index is 2.59. The van der Waals surface area contributed by atoms with Gasteiger partial charge in [0, 0.05) is 10.6 Å². The van der Waals surface area contributed by atoms with Crippen LogP contribution in [0.2, 0.25) is 5.02 Å². The Labute approximate surface area is 116 Å². The lowest BCUT2D eigenvalue weighted by Gasteiger charge is -2.18. The molecule has 0 amide bonds. The van der Waals surface area contributed by atoms with Gasteiger partial charge in [-0.3, -0.25) is 0 Å². The molecule has 0 saturated heterocycles. The molecule has 0 heterocycles. The molecule has 1 nitrogen and oxygen atoms in total. The summed E-state index contributed by atoms with van der Waals surface area (Å²) in [4.78, 5) is 0. The van der Waals surface area contributed by atoms with E-state index >= 15 is 0 Å². The molecule has 2 aromatic carbocycles. The second-order valence-electron chi connectivity index (χ2n) is 4.57. The van der Waals surface area contributed by atoms with Crippen molar-refractivity contribution in [3.63, 3.8) is 0 Å². The molecule has 0 radical (unpaired) electrons. The van der Waals surface area contributed by atoms with Crippen LogP contribution < -0.4 is 5.73 Å². The number of hydrogen-bond acceptors (Lipinski definition) is 1. The predicted octanol–water partition coefficient (Wildman–Crippen LogP) is 4.28. The Morgan fingerprint density at radius 2 is 1.68 bits per heavy atom. The fourth-order valence-electron chi connectivity index (χ4n) is 2.07. The topological polar surface area (TPSA) is 26.0 Å². The van der Waals surface area contributed by atoms with Gasteiger partial charge in [-0.1, -0.05) is 23.7 Å². The van der Waals surface area contributed by atoms with Crippen molar-refractivity contribution in [3.05, 3.63) is 69.2 Å². The van der Waals surface area contributed by atoms with Crippen LogP contribution in [0.4, 0.5) is 8.78 Å². The third-order valence-electron chi connectivity index (χ3n) is 3.21. The van der Waals surface area contributed by atoms with Crippen molar-refractivity contribution in [2.75, 3.05) is 0 Å². The van der Waals surface area contributed by atoms with Gasteiger partial charge in [0.2, 0.25) is 0 Å². The molecule has 1 unspecified atom stereocenters. The molecule has 19 heavy (non-hydrogen) atoms. The normalized spacial score (nSPS) is 12.5. The van der Waals surface area contributed by atoms with Gasteiger partial charge < -0.3 is 5.73 Å². The Bertz CT molecular complexity index is 626. The lowest BCUT2D eigenvalue weighted by atomic mass is 9.94. The van der Waals surface area contributed by atoms with Gasteiger partial charge >= 0.3 is 0 Å². The van der Waals surface area contributed by atoms with Crippen LogP contribution in [0, 0.1) is 25.5 Å². The zero-order chi connectivity index (χ0) is 14.2. The first-order valence-electron chi connectivity index (χ1n) is 5.88. The highest BCUT2D eigenvalue weighted by Gasteiger charge is 2.21. The zero-order valence-electron chi connectivity index (χ0n) is 10.7. The van der Waals surface area contributed by atoms with E-state index in [-0.39, 0.29) is 5.56 Å². The van der Waals surface area contributed by atoms with E-state index in [1.165, 1.54) is 12.1 Å². The first-order chi connectivity index (χ1) is 8.91. The van der Waals surface area contributed by atoms with Crippen molar-refractivity contribution in [2.24, 2.45) is 5.73 Å². The summed E-state index contributed by atoms with van der Waals surface area (Å²) in [5.41, 5.74) is 7.73. The standard InChI is InChI=1S/C15H14ClF2N/c1-8-3-5-10(16)7-11(8)15(19)13-12(17)6-4-9(2)14(13)18/h3-7,15H,19H2,1-2H3. The van der Waals surface area contributed by atoms with Crippen molar-refractivity contribution in [1.82, 2.24) is 0 Å². The van der Waals surface area contributed by atoms with Crippen molar-refractivity contribution < 1.29 is 8.78 Å². The van der Waals surface area contributed by atoms with E-state index in [1.54, 1.807) is 25.1 Å². The first kappa shape index (κ1) is 14.0. The maximum Gasteiger partial charge on any atom is 0.134 e. The van der Waals surface area contributed by atoms with Gasteiger partial charge in [0.1, 0.15) is 11.6 Å². The molecule has 2 aromatic rings. The average molecular weight is 282 g/mol. The second-order valence-corrected chi connectivity index (χ2v) is 5.01. The van der Waals surface area contributed by atoms with Gasteiger partial charge in [0.05, 0.1) is 6.04 Å². The van der Waals surface area contributed by atoms with Gasteiger partial charge in [0.25, 0.3) is 0 Å². The number of nitrogens with two attached hydrogens (primary N) is 1. The SMILES string of the molecule is Cc1ccc(Cl)cc1C(N)c1c(F)ccc(C)c1F. The summed E-state index contributed by atoms with van der Waals surface area (Å²) in [6.45, 7) is 3.41. The van der Waals surface area contributed by atoms with Crippen molar-refractivity contribution in [1.29, 1.82) is 0 Å². The summed E-state index contributed by atoms with van der Waals surface area (Å²) in [6.07, 6.45) is 0. The molecule has 4 heteroatoms. The van der Waals surface area contributed by atoms with Gasteiger partial charge in [-0.2, -0.15) is 0 Å². The molecular weight excluding hydrogens is 268 g/mol. The molecule has 0 bridgehead atoms. The molecule has 2 rings (SSSR count). The highest BCUT2D eigenvalue weighted by Crippen LogP contribution is 2.30. The number of aryl methyl sites for hydroxylation is 2. The summed E-state index contributed by atoms with van der Waals surface area (Å²) < 4.78 is 27.9. The quantitative estimate of drug-likeness (QED) is 0.873. The van der Waals surface area contributed by atoms with Crippen molar-refractivity contribution in [2.45, 2.75) is 19.9 Å². The van der Waals surface area contributed by atoms with Gasteiger partial charge in [0.15, 0.2) is 0 Å². The van der Waals surface area contributed by atoms with E-state index in [2.05, 4.69) is 0 Å². The molecule has 2 N–H and O–H groups in total. The van der Waals surface area contributed by atoms with Crippen LogP contribution in [-0.2, 0) is 0 Å². The number of hydrogen-bond donors (Lipinski definition) is 1. The van der Waals surface area contributed by atoms with E-state index in [0.717, 1.165) is 5.56 Å². The fourth-order valence-corrected chi connectivity index (χ4v) is 2.25. The second kappa shape index (κ2) is 5.27. The third-order valence-corrected chi connectivity index (χ3v) is 3.44. The summed E-state index contributed by atoms with van der Waals surface area (Å²) in [6, 6.07) is 6.89. The molecule has 0 aliphatic carbocycles. The number of halogens is 3. The van der Waals surface area contributed by atoms with Crippen LogP contribution in [0.25, 0.3) is 0 Å². The van der Waals surface area contributed by atoms with Crippen LogP contribution in [-0.4, -0.2) is 0 Å². The fraction of sp³-hybridized carbons (Fsp3) is 0.200. The van der Waals surface area contributed by atoms with Crippen LogP contribution in [0.3, 0.4) is 0 Å². The highest BCUT2D eigenvalue weighted by atomic mass is 35.5. The highest BCUT2D eigenvalue weighted by molar-refractivity contribution is 6.30. The van der Waals surface area contributed by atoms with Gasteiger partial charge in [-0.05, 0) is 48.7 Å². The number of benzene rings is 2. The van der Waals surface area contributed by atoms with E-state index in [0.29, 0.717) is 16.1 Å². The van der Waals surface area contributed by atoms with Crippen LogP contribution in [0.5, 0.6) is 0 Å². The maximum atomic E-state index is 14.1. The van der Waals surface area contributed by atoms with E-state index in [4.69, 9.17) is 17.3 Å². The largest absolute Gasteiger partial charge is 0.320 e. The maximum absolute atomic E-state index is 14.1. The monoisotopic (exact) mass is 281 g/mol. The summed E-state index contributed by atoms with van der Waals surface area (Å²) in [5.74, 6) is -1.25. The van der Waals surface area contributed by atoms with E-state index in [9.17, 15) is 8.78 Å². The minimum atomic E-state index is -0.876. The molecular formula is C15H14ClF2N. The van der Waals surface area contributed by atoms with Crippen molar-refractivity contribution in [3.8, 4) is 0 Å². The Hall–Kier alpha value is -1.45. The molecule has 0 spiro atoms. The minimum absolute atomic E-state index is 0.120. The minimum Gasteiger partial charge on any atom is -0.320 e. The lowest BCUT2D eigenvalue weighted by molar-refractivity contribution is 0.537. The number of rotatable bonds is 2. The average Bonchev–Trinajstić information content (AvgIpc) is 2.37. The Morgan fingerprint density at radius 3 is 2.37 bits per heavy atom. The lowest BCUT2D eigenvalue weighted by Crippen LogP contribution is -2.17. The molecule has 0 aliphatic heterocycles. The van der Waals surface area contributed by atoms with E-state index < -0.39 is 17.7 Å². The van der Waals surface area contributed by atoms with Crippen molar-refractivity contribution >= 4 is 11.6 Å². The smallest absolute Gasteiger partial charge is 0.134 e. The van der Waals surface area contributed by atoms with E-state index in [1.807, 2.05) is 6.92 Å². The third kappa shape index (κ3) is 2.62. The van der Waals surface area contributed by atoms with Crippen LogP contribution in [0.15, 0.2) is 30.3 Å².